The summed E-state index contributed by atoms with van der Waals surface area (Å²) in [5, 5.41) is 3.34. The molecule has 0 saturated carbocycles. The minimum atomic E-state index is -0.201. The summed E-state index contributed by atoms with van der Waals surface area (Å²) in [6.45, 7) is 1.74. The highest BCUT2D eigenvalue weighted by molar-refractivity contribution is 5.73. The van der Waals surface area contributed by atoms with Crippen LogP contribution in [0.15, 0.2) is 30.3 Å². The topological polar surface area (TPSA) is 47.6 Å². The molecule has 92 valence electrons. The normalized spacial score (nSPS) is 23.6. The average molecular weight is 235 g/mol. The Kier molecular flexibility index (Phi) is 4.12. The summed E-state index contributed by atoms with van der Waals surface area (Å²) in [6, 6.07) is 10.1. The maximum Gasteiger partial charge on any atom is 0.312 e. The van der Waals surface area contributed by atoms with Crippen molar-refractivity contribution in [1.82, 2.24) is 5.32 Å². The van der Waals surface area contributed by atoms with Gasteiger partial charge in [0.2, 0.25) is 0 Å². The summed E-state index contributed by atoms with van der Waals surface area (Å²) < 4.78 is 10.1. The molecule has 0 unspecified atom stereocenters. The molecule has 17 heavy (non-hydrogen) atoms. The lowest BCUT2D eigenvalue weighted by Gasteiger charge is -2.17. The maximum atomic E-state index is 11.5. The molecule has 1 aliphatic rings. The number of esters is 1. The van der Waals surface area contributed by atoms with Gasteiger partial charge in [0.05, 0.1) is 26.2 Å². The van der Waals surface area contributed by atoms with E-state index in [1.807, 2.05) is 18.2 Å². The number of nitrogens with one attached hydrogen (secondary N) is 1. The van der Waals surface area contributed by atoms with Crippen LogP contribution in [0.3, 0.4) is 0 Å². The lowest BCUT2D eigenvalue weighted by Crippen LogP contribution is -2.39. The van der Waals surface area contributed by atoms with Crippen molar-refractivity contribution in [2.24, 2.45) is 5.92 Å². The van der Waals surface area contributed by atoms with Gasteiger partial charge in [0, 0.05) is 12.6 Å². The number of hydrogen-bond donors (Lipinski definition) is 1. The third-order valence-corrected chi connectivity index (χ3v) is 3.00. The average Bonchev–Trinajstić information content (AvgIpc) is 2.85. The molecule has 1 aromatic rings. The molecule has 0 aliphatic carbocycles. The van der Waals surface area contributed by atoms with Gasteiger partial charge < -0.3 is 14.8 Å². The molecule has 0 amide bonds. The maximum absolute atomic E-state index is 11.5. The molecular formula is C13H17NO3. The molecule has 1 aliphatic heterocycles. The fourth-order valence-corrected chi connectivity index (χ4v) is 1.98. The van der Waals surface area contributed by atoms with Crippen LogP contribution in [-0.2, 0) is 20.8 Å². The molecule has 0 radical (unpaired) electrons. The molecule has 4 heteroatoms. The Morgan fingerprint density at radius 3 is 2.88 bits per heavy atom. The van der Waals surface area contributed by atoms with Crippen molar-refractivity contribution in [2.45, 2.75) is 12.6 Å². The first kappa shape index (κ1) is 12.1. The zero-order valence-electron chi connectivity index (χ0n) is 9.89. The van der Waals surface area contributed by atoms with Crippen molar-refractivity contribution in [3.8, 4) is 0 Å². The number of carbonyl (C=O) groups is 1. The molecule has 2 atom stereocenters. The summed E-state index contributed by atoms with van der Waals surface area (Å²) in [4.78, 5) is 11.5. The van der Waals surface area contributed by atoms with Crippen LogP contribution in [0.25, 0.3) is 0 Å². The number of methoxy groups -OCH3 is 1. The fourth-order valence-electron chi connectivity index (χ4n) is 1.98. The van der Waals surface area contributed by atoms with E-state index in [1.54, 1.807) is 0 Å². The predicted octanol–water partition coefficient (Wildman–Crippen LogP) is 0.964. The Bertz CT molecular complexity index is 366. The van der Waals surface area contributed by atoms with Gasteiger partial charge in [0.1, 0.15) is 0 Å². The summed E-state index contributed by atoms with van der Waals surface area (Å²) >= 11 is 0. The number of ether oxygens (including phenoxy) is 2. The summed E-state index contributed by atoms with van der Waals surface area (Å²) in [5.41, 5.74) is 1.20. The van der Waals surface area contributed by atoms with Crippen LogP contribution in [-0.4, -0.2) is 32.3 Å². The van der Waals surface area contributed by atoms with Gasteiger partial charge >= 0.3 is 5.97 Å². The quantitative estimate of drug-likeness (QED) is 0.790. The van der Waals surface area contributed by atoms with Crippen molar-refractivity contribution in [3.63, 3.8) is 0 Å². The van der Waals surface area contributed by atoms with E-state index in [0.717, 1.165) is 6.54 Å². The van der Waals surface area contributed by atoms with Crippen molar-refractivity contribution in [3.05, 3.63) is 35.9 Å². The zero-order valence-corrected chi connectivity index (χ0v) is 9.89. The molecular weight excluding hydrogens is 218 g/mol. The van der Waals surface area contributed by atoms with Crippen molar-refractivity contribution < 1.29 is 14.3 Å². The highest BCUT2D eigenvalue weighted by Gasteiger charge is 2.34. The van der Waals surface area contributed by atoms with Gasteiger partial charge in [-0.05, 0) is 5.56 Å². The number of rotatable bonds is 4. The largest absolute Gasteiger partial charge is 0.469 e. The van der Waals surface area contributed by atoms with Gasteiger partial charge in [-0.3, -0.25) is 4.79 Å². The van der Waals surface area contributed by atoms with Crippen molar-refractivity contribution >= 4 is 5.97 Å². The molecule has 4 nitrogen and oxygen atoms in total. The van der Waals surface area contributed by atoms with E-state index < -0.39 is 0 Å². The number of carbonyl (C=O) groups excluding carboxylic acids is 1. The summed E-state index contributed by atoms with van der Waals surface area (Å²) in [6.07, 6.45) is 0. The van der Waals surface area contributed by atoms with Crippen molar-refractivity contribution in [1.29, 1.82) is 0 Å². The second-order valence-electron chi connectivity index (χ2n) is 4.14. The van der Waals surface area contributed by atoms with E-state index >= 15 is 0 Å². The highest BCUT2D eigenvalue weighted by Crippen LogP contribution is 2.15. The van der Waals surface area contributed by atoms with Gasteiger partial charge in [-0.25, -0.2) is 0 Å². The van der Waals surface area contributed by atoms with Crippen LogP contribution >= 0.6 is 0 Å². The van der Waals surface area contributed by atoms with E-state index in [0.29, 0.717) is 13.2 Å². The summed E-state index contributed by atoms with van der Waals surface area (Å²) in [7, 11) is 1.41. The van der Waals surface area contributed by atoms with Crippen LogP contribution < -0.4 is 5.32 Å². The van der Waals surface area contributed by atoms with Crippen LogP contribution in [0.1, 0.15) is 5.56 Å². The van der Waals surface area contributed by atoms with E-state index in [2.05, 4.69) is 17.4 Å². The van der Waals surface area contributed by atoms with Gasteiger partial charge in [0.15, 0.2) is 0 Å². The van der Waals surface area contributed by atoms with Gasteiger partial charge in [-0.2, -0.15) is 0 Å². The first-order valence-electron chi connectivity index (χ1n) is 5.74. The standard InChI is InChI=1S/C13H17NO3/c1-16-13(15)11-8-17-9-12(11)14-7-10-5-3-2-4-6-10/h2-6,11-12,14H,7-9H2,1H3/t11-,12-/m0/s1. The minimum Gasteiger partial charge on any atom is -0.469 e. The number of benzene rings is 1. The van der Waals surface area contributed by atoms with Crippen LogP contribution in [0, 0.1) is 5.92 Å². The first-order valence-corrected chi connectivity index (χ1v) is 5.74. The fraction of sp³-hybridized carbons (Fsp3) is 0.462. The van der Waals surface area contributed by atoms with Crippen LogP contribution in [0.5, 0.6) is 0 Å². The number of hydrogen-bond acceptors (Lipinski definition) is 4. The molecule has 1 N–H and O–H groups in total. The van der Waals surface area contributed by atoms with E-state index in [-0.39, 0.29) is 17.9 Å². The monoisotopic (exact) mass is 235 g/mol. The molecule has 1 aromatic carbocycles. The minimum absolute atomic E-state index is 0.0441. The highest BCUT2D eigenvalue weighted by atomic mass is 16.5. The Balaban J connectivity index is 1.88. The van der Waals surface area contributed by atoms with Gasteiger partial charge in [-0.15, -0.1) is 0 Å². The molecule has 0 aromatic heterocycles. The van der Waals surface area contributed by atoms with Crippen molar-refractivity contribution in [2.75, 3.05) is 20.3 Å². The van der Waals surface area contributed by atoms with E-state index in [9.17, 15) is 4.79 Å². The third-order valence-electron chi connectivity index (χ3n) is 3.00. The second kappa shape index (κ2) is 5.80. The van der Waals surface area contributed by atoms with Crippen LogP contribution in [0.2, 0.25) is 0 Å². The third kappa shape index (κ3) is 3.05. The molecule has 1 heterocycles. The summed E-state index contributed by atoms with van der Waals surface area (Å²) in [5.74, 6) is -0.392. The molecule has 1 fully saturated rings. The second-order valence-corrected chi connectivity index (χ2v) is 4.14. The molecule has 0 bridgehead atoms. The smallest absolute Gasteiger partial charge is 0.312 e. The van der Waals surface area contributed by atoms with E-state index in [4.69, 9.17) is 9.47 Å². The van der Waals surface area contributed by atoms with Crippen LogP contribution in [0.4, 0.5) is 0 Å². The molecule has 1 saturated heterocycles. The van der Waals surface area contributed by atoms with E-state index in [1.165, 1.54) is 12.7 Å². The first-order chi connectivity index (χ1) is 8.31. The Hall–Kier alpha value is -1.39. The molecule has 2 rings (SSSR count). The lowest BCUT2D eigenvalue weighted by atomic mass is 10.0. The molecule has 0 spiro atoms. The lowest BCUT2D eigenvalue weighted by molar-refractivity contribution is -0.145. The van der Waals surface area contributed by atoms with Gasteiger partial charge in [0.25, 0.3) is 0 Å². The Morgan fingerprint density at radius 2 is 2.18 bits per heavy atom. The SMILES string of the molecule is COC(=O)[C@H]1COC[C@@H]1NCc1ccccc1. The Morgan fingerprint density at radius 1 is 1.41 bits per heavy atom. The van der Waals surface area contributed by atoms with Gasteiger partial charge in [-0.1, -0.05) is 30.3 Å². The Labute approximate surface area is 101 Å². The predicted molar refractivity (Wildman–Crippen MR) is 63.4 cm³/mol. The zero-order chi connectivity index (χ0) is 12.1.